The van der Waals surface area contributed by atoms with Crippen LogP contribution in [0.1, 0.15) is 29.2 Å². The summed E-state index contributed by atoms with van der Waals surface area (Å²) in [5.74, 6) is 0.0884. The molecular weight excluding hydrogens is 430 g/mol. The van der Waals surface area contributed by atoms with Crippen molar-refractivity contribution in [2.45, 2.75) is 20.8 Å². The van der Waals surface area contributed by atoms with Crippen molar-refractivity contribution in [3.8, 4) is 5.75 Å². The van der Waals surface area contributed by atoms with E-state index < -0.39 is 5.97 Å². The van der Waals surface area contributed by atoms with Crippen molar-refractivity contribution in [2.75, 3.05) is 4.90 Å². The number of ether oxygens (including phenoxy) is 1. The molecule has 174 valence electrons. The van der Waals surface area contributed by atoms with Gasteiger partial charge in [0.25, 0.3) is 0 Å². The molecule has 0 atom stereocenters. The molecule has 35 heavy (non-hydrogen) atoms. The second kappa shape index (κ2) is 10.7. The van der Waals surface area contributed by atoms with Gasteiger partial charge in [0.1, 0.15) is 5.75 Å². The van der Waals surface area contributed by atoms with Crippen molar-refractivity contribution in [3.05, 3.63) is 131 Å². The minimum Gasteiger partial charge on any atom is -0.423 e. The van der Waals surface area contributed by atoms with E-state index in [1.807, 2.05) is 18.2 Å². The first-order valence-electron chi connectivity index (χ1n) is 11.6. The van der Waals surface area contributed by atoms with Gasteiger partial charge in [-0.2, -0.15) is 0 Å². The Bertz CT molecular complexity index is 1290. The van der Waals surface area contributed by atoms with Gasteiger partial charge >= 0.3 is 5.97 Å². The van der Waals surface area contributed by atoms with Gasteiger partial charge in [0, 0.05) is 22.6 Å². The van der Waals surface area contributed by atoms with Crippen LogP contribution in [0.5, 0.6) is 5.75 Å². The molecule has 0 radical (unpaired) electrons. The summed E-state index contributed by atoms with van der Waals surface area (Å²) in [5.41, 5.74) is 8.30. The number of rotatable bonds is 7. The fourth-order valence-electron chi connectivity index (χ4n) is 3.60. The summed E-state index contributed by atoms with van der Waals surface area (Å²) >= 11 is 0. The van der Waals surface area contributed by atoms with E-state index in [0.717, 1.165) is 28.2 Å². The van der Waals surface area contributed by atoms with Crippen LogP contribution in [-0.4, -0.2) is 5.97 Å². The van der Waals surface area contributed by atoms with Crippen LogP contribution in [0.15, 0.2) is 109 Å². The van der Waals surface area contributed by atoms with E-state index in [2.05, 4.69) is 104 Å². The number of carbonyl (C=O) groups excluding carboxylic acids is 1. The number of benzene rings is 4. The Morgan fingerprint density at radius 1 is 0.657 bits per heavy atom. The van der Waals surface area contributed by atoms with E-state index in [9.17, 15) is 4.79 Å². The van der Waals surface area contributed by atoms with Gasteiger partial charge in [0.2, 0.25) is 0 Å². The van der Waals surface area contributed by atoms with Gasteiger partial charge in [-0.15, -0.1) is 0 Å². The maximum Gasteiger partial charge on any atom is 0.338 e. The fourth-order valence-corrected chi connectivity index (χ4v) is 3.60. The van der Waals surface area contributed by atoms with Gasteiger partial charge in [0.15, 0.2) is 0 Å². The summed E-state index contributed by atoms with van der Waals surface area (Å²) in [6.45, 7) is 9.43. The highest BCUT2D eigenvalue weighted by molar-refractivity contribution is 5.88. The lowest BCUT2D eigenvalue weighted by Gasteiger charge is -2.25. The lowest BCUT2D eigenvalue weighted by Crippen LogP contribution is -2.09. The topological polar surface area (TPSA) is 29.5 Å². The largest absolute Gasteiger partial charge is 0.423 e. The standard InChI is InChI=1S/C32H29NO2/c1-23(2)32(34)35-31-21-13-27(14-22-31)10-9-26-11-19-30(20-12-26)33(28-15-5-24(3)6-16-28)29-17-7-25(4)8-18-29/h5-22H,1H2,2-4H3/b10-9+. The predicted octanol–water partition coefficient (Wildman–Crippen LogP) is 8.43. The Kier molecular flexibility index (Phi) is 7.27. The molecule has 0 spiro atoms. The Balaban J connectivity index is 1.53. The van der Waals surface area contributed by atoms with Crippen LogP contribution < -0.4 is 9.64 Å². The first kappa shape index (κ1) is 23.8. The van der Waals surface area contributed by atoms with Crippen LogP contribution in [0.4, 0.5) is 17.1 Å². The normalized spacial score (nSPS) is 10.8. The molecule has 0 heterocycles. The number of aryl methyl sites for hydroxylation is 2. The average Bonchev–Trinajstić information content (AvgIpc) is 2.87. The molecule has 0 fully saturated rings. The van der Waals surface area contributed by atoms with Crippen molar-refractivity contribution in [3.63, 3.8) is 0 Å². The van der Waals surface area contributed by atoms with E-state index in [1.165, 1.54) is 11.1 Å². The van der Waals surface area contributed by atoms with Gasteiger partial charge in [-0.3, -0.25) is 0 Å². The van der Waals surface area contributed by atoms with Gasteiger partial charge in [0.05, 0.1) is 0 Å². The first-order valence-corrected chi connectivity index (χ1v) is 11.6. The molecule has 0 aliphatic carbocycles. The molecule has 4 aromatic rings. The Morgan fingerprint density at radius 3 is 1.43 bits per heavy atom. The number of anilines is 3. The SMILES string of the molecule is C=C(C)C(=O)Oc1ccc(/C=C/c2ccc(N(c3ccc(C)cc3)c3ccc(C)cc3)cc2)cc1. The van der Waals surface area contributed by atoms with E-state index in [0.29, 0.717) is 11.3 Å². The molecule has 0 saturated carbocycles. The zero-order chi connectivity index (χ0) is 24.8. The third-order valence-corrected chi connectivity index (χ3v) is 5.64. The molecule has 0 aromatic heterocycles. The highest BCUT2D eigenvalue weighted by Crippen LogP contribution is 2.34. The molecule has 3 heteroatoms. The maximum absolute atomic E-state index is 11.7. The van der Waals surface area contributed by atoms with E-state index in [4.69, 9.17) is 4.74 Å². The van der Waals surface area contributed by atoms with Crippen LogP contribution in [0, 0.1) is 13.8 Å². The Hall–Kier alpha value is -4.37. The minimum atomic E-state index is -0.418. The van der Waals surface area contributed by atoms with Crippen LogP contribution in [-0.2, 0) is 4.79 Å². The highest BCUT2D eigenvalue weighted by atomic mass is 16.5. The number of carbonyl (C=O) groups is 1. The Morgan fingerprint density at radius 2 is 1.03 bits per heavy atom. The quantitative estimate of drug-likeness (QED) is 0.120. The van der Waals surface area contributed by atoms with Crippen LogP contribution >= 0.6 is 0 Å². The van der Waals surface area contributed by atoms with Gasteiger partial charge in [-0.1, -0.05) is 78.4 Å². The summed E-state index contributed by atoms with van der Waals surface area (Å²) in [6, 6.07) is 33.1. The molecule has 4 aromatic carbocycles. The molecule has 0 saturated heterocycles. The lowest BCUT2D eigenvalue weighted by molar-refractivity contribution is -0.130. The third-order valence-electron chi connectivity index (χ3n) is 5.64. The third kappa shape index (κ3) is 6.15. The number of hydrogen-bond acceptors (Lipinski definition) is 3. The summed E-state index contributed by atoms with van der Waals surface area (Å²) < 4.78 is 5.25. The van der Waals surface area contributed by atoms with Crippen molar-refractivity contribution in [2.24, 2.45) is 0 Å². The highest BCUT2D eigenvalue weighted by Gasteiger charge is 2.12. The molecule has 4 rings (SSSR count). The second-order valence-corrected chi connectivity index (χ2v) is 8.67. The molecule has 0 aliphatic rings. The van der Waals surface area contributed by atoms with Gasteiger partial charge in [-0.25, -0.2) is 4.79 Å². The lowest BCUT2D eigenvalue weighted by atomic mass is 10.1. The maximum atomic E-state index is 11.7. The molecule has 0 N–H and O–H groups in total. The number of esters is 1. The molecule has 0 aliphatic heterocycles. The second-order valence-electron chi connectivity index (χ2n) is 8.67. The number of nitrogens with zero attached hydrogens (tertiary/aromatic N) is 1. The van der Waals surface area contributed by atoms with Crippen molar-refractivity contribution in [1.82, 2.24) is 0 Å². The molecule has 3 nitrogen and oxygen atoms in total. The van der Waals surface area contributed by atoms with Crippen LogP contribution in [0.2, 0.25) is 0 Å². The monoisotopic (exact) mass is 459 g/mol. The minimum absolute atomic E-state index is 0.376. The molecule has 0 unspecified atom stereocenters. The van der Waals surface area contributed by atoms with E-state index in [1.54, 1.807) is 19.1 Å². The predicted molar refractivity (Wildman–Crippen MR) is 146 cm³/mol. The van der Waals surface area contributed by atoms with Gasteiger partial charge < -0.3 is 9.64 Å². The van der Waals surface area contributed by atoms with Crippen molar-refractivity contribution >= 4 is 35.2 Å². The summed E-state index contributed by atoms with van der Waals surface area (Å²) in [5, 5.41) is 0. The zero-order valence-corrected chi connectivity index (χ0v) is 20.4. The Labute approximate surface area is 207 Å². The van der Waals surface area contributed by atoms with Crippen LogP contribution in [0.3, 0.4) is 0 Å². The zero-order valence-electron chi connectivity index (χ0n) is 20.4. The average molecular weight is 460 g/mol. The van der Waals surface area contributed by atoms with E-state index >= 15 is 0 Å². The van der Waals surface area contributed by atoms with Crippen molar-refractivity contribution in [1.29, 1.82) is 0 Å². The molecule has 0 amide bonds. The van der Waals surface area contributed by atoms with Crippen LogP contribution in [0.25, 0.3) is 12.2 Å². The summed E-state index contributed by atoms with van der Waals surface area (Å²) in [6.07, 6.45) is 4.11. The van der Waals surface area contributed by atoms with E-state index in [-0.39, 0.29) is 0 Å². The summed E-state index contributed by atoms with van der Waals surface area (Å²) in [4.78, 5) is 13.9. The number of hydrogen-bond donors (Lipinski definition) is 0. The molecular formula is C32H29NO2. The fraction of sp³-hybridized carbons (Fsp3) is 0.0938. The van der Waals surface area contributed by atoms with Crippen molar-refractivity contribution < 1.29 is 9.53 Å². The summed E-state index contributed by atoms with van der Waals surface area (Å²) in [7, 11) is 0. The molecule has 0 bridgehead atoms. The van der Waals surface area contributed by atoms with Gasteiger partial charge in [-0.05, 0) is 80.4 Å². The first-order chi connectivity index (χ1) is 16.9. The smallest absolute Gasteiger partial charge is 0.338 e.